The number of amides is 1. The van der Waals surface area contributed by atoms with Crippen LogP contribution in [0.2, 0.25) is 0 Å². The summed E-state index contributed by atoms with van der Waals surface area (Å²) in [6, 6.07) is 3.42. The van der Waals surface area contributed by atoms with Gasteiger partial charge in [0.15, 0.2) is 0 Å². The molecule has 1 amide bonds. The van der Waals surface area contributed by atoms with Gasteiger partial charge in [-0.1, -0.05) is 0 Å². The van der Waals surface area contributed by atoms with Crippen molar-refractivity contribution in [2.75, 3.05) is 20.2 Å². The summed E-state index contributed by atoms with van der Waals surface area (Å²) in [7, 11) is 1.55. The highest BCUT2D eigenvalue weighted by Crippen LogP contribution is 2.44. The first-order valence-corrected chi connectivity index (χ1v) is 8.48. The lowest BCUT2D eigenvalue weighted by atomic mass is 9.87. The first-order valence-electron chi connectivity index (χ1n) is 8.48. The van der Waals surface area contributed by atoms with Crippen LogP contribution in [0.15, 0.2) is 24.5 Å². The zero-order valence-corrected chi connectivity index (χ0v) is 13.9. The van der Waals surface area contributed by atoms with Crippen molar-refractivity contribution in [3.8, 4) is 5.88 Å². The summed E-state index contributed by atoms with van der Waals surface area (Å²) < 4.78 is 11.0. The van der Waals surface area contributed by atoms with E-state index in [2.05, 4.69) is 15.0 Å². The molecule has 3 aliphatic rings. The van der Waals surface area contributed by atoms with Crippen LogP contribution in [-0.4, -0.2) is 46.0 Å². The number of likely N-dealkylation sites (tertiary alicyclic amines) is 1. The van der Waals surface area contributed by atoms with Gasteiger partial charge in [0.2, 0.25) is 5.88 Å². The van der Waals surface area contributed by atoms with Gasteiger partial charge < -0.3 is 14.4 Å². The van der Waals surface area contributed by atoms with Crippen molar-refractivity contribution in [3.63, 3.8) is 0 Å². The van der Waals surface area contributed by atoms with Crippen LogP contribution in [0, 0.1) is 0 Å². The monoisotopic (exact) mass is 338 g/mol. The first-order chi connectivity index (χ1) is 12.2. The van der Waals surface area contributed by atoms with Crippen molar-refractivity contribution in [1.29, 1.82) is 0 Å². The second-order valence-electron chi connectivity index (χ2n) is 6.90. The van der Waals surface area contributed by atoms with E-state index in [0.717, 1.165) is 17.1 Å². The topological polar surface area (TPSA) is 77.4 Å². The molecule has 2 aromatic heterocycles. The van der Waals surface area contributed by atoms with E-state index in [1.165, 1.54) is 12.8 Å². The molecule has 128 valence electrons. The molecule has 2 aromatic rings. The number of fused-ring (bicyclic) bond motifs is 2. The number of aromatic nitrogens is 3. The molecule has 0 atom stereocenters. The Morgan fingerprint density at radius 1 is 1.28 bits per heavy atom. The third-order valence-electron chi connectivity index (χ3n) is 5.18. The van der Waals surface area contributed by atoms with E-state index >= 15 is 0 Å². The molecule has 0 radical (unpaired) electrons. The maximum Gasteiger partial charge on any atom is 0.255 e. The van der Waals surface area contributed by atoms with E-state index in [1.807, 2.05) is 6.20 Å². The fourth-order valence-corrected chi connectivity index (χ4v) is 3.53. The van der Waals surface area contributed by atoms with Gasteiger partial charge in [0.05, 0.1) is 38.1 Å². The summed E-state index contributed by atoms with van der Waals surface area (Å²) in [5.41, 5.74) is 2.13. The smallest absolute Gasteiger partial charge is 0.255 e. The third-order valence-corrected chi connectivity index (χ3v) is 5.18. The highest BCUT2D eigenvalue weighted by Gasteiger charge is 2.52. The molecule has 1 saturated heterocycles. The van der Waals surface area contributed by atoms with Crippen LogP contribution in [-0.2, 0) is 16.9 Å². The molecule has 0 unspecified atom stereocenters. The maximum absolute atomic E-state index is 12.6. The molecule has 5 rings (SSSR count). The SMILES string of the molecule is COc1ccc(C(=O)N2CC3(C2)OCc2nc(C4CC4)ncc23)cn1. The molecular weight excluding hydrogens is 320 g/mol. The van der Waals surface area contributed by atoms with Gasteiger partial charge in [-0.25, -0.2) is 15.0 Å². The Balaban J connectivity index is 1.32. The lowest BCUT2D eigenvalue weighted by Gasteiger charge is -2.47. The number of hydrogen-bond acceptors (Lipinski definition) is 6. The van der Waals surface area contributed by atoms with Crippen LogP contribution in [0.25, 0.3) is 0 Å². The van der Waals surface area contributed by atoms with E-state index in [9.17, 15) is 4.79 Å². The van der Waals surface area contributed by atoms with Crippen LogP contribution >= 0.6 is 0 Å². The minimum Gasteiger partial charge on any atom is -0.481 e. The Hall–Kier alpha value is -2.54. The Labute approximate surface area is 145 Å². The molecule has 2 fully saturated rings. The van der Waals surface area contributed by atoms with E-state index in [4.69, 9.17) is 9.47 Å². The number of carbonyl (C=O) groups excluding carboxylic acids is 1. The molecule has 0 N–H and O–H groups in total. The Bertz CT molecular complexity index is 842. The van der Waals surface area contributed by atoms with Crippen LogP contribution in [0.3, 0.4) is 0 Å². The van der Waals surface area contributed by atoms with Crippen molar-refractivity contribution >= 4 is 5.91 Å². The average Bonchev–Trinajstić information content (AvgIpc) is 3.40. The number of carbonyl (C=O) groups is 1. The molecule has 7 nitrogen and oxygen atoms in total. The lowest BCUT2D eigenvalue weighted by Crippen LogP contribution is -2.61. The summed E-state index contributed by atoms with van der Waals surface area (Å²) in [5.74, 6) is 1.92. The molecule has 1 aliphatic carbocycles. The van der Waals surface area contributed by atoms with E-state index < -0.39 is 5.60 Å². The van der Waals surface area contributed by atoms with Gasteiger partial charge in [-0.2, -0.15) is 0 Å². The van der Waals surface area contributed by atoms with Gasteiger partial charge in [0, 0.05) is 29.9 Å². The summed E-state index contributed by atoms with van der Waals surface area (Å²) in [6.45, 7) is 1.55. The van der Waals surface area contributed by atoms with Gasteiger partial charge >= 0.3 is 0 Å². The van der Waals surface area contributed by atoms with Gasteiger partial charge in [-0.3, -0.25) is 4.79 Å². The first kappa shape index (κ1) is 14.8. The number of ether oxygens (including phenoxy) is 2. The number of hydrogen-bond donors (Lipinski definition) is 0. The van der Waals surface area contributed by atoms with Crippen molar-refractivity contribution in [2.24, 2.45) is 0 Å². The zero-order chi connectivity index (χ0) is 17.0. The van der Waals surface area contributed by atoms with Crippen molar-refractivity contribution in [3.05, 3.63) is 47.2 Å². The minimum absolute atomic E-state index is 0.0478. The van der Waals surface area contributed by atoms with Crippen LogP contribution in [0.4, 0.5) is 0 Å². The second kappa shape index (κ2) is 5.23. The third kappa shape index (κ3) is 2.30. The van der Waals surface area contributed by atoms with E-state index in [-0.39, 0.29) is 5.91 Å². The minimum atomic E-state index is -0.438. The number of methoxy groups -OCH3 is 1. The molecule has 7 heteroatoms. The summed E-state index contributed by atoms with van der Waals surface area (Å²) in [4.78, 5) is 27.6. The normalized spacial score (nSPS) is 20.3. The Kier molecular flexibility index (Phi) is 3.09. The average molecular weight is 338 g/mol. The van der Waals surface area contributed by atoms with Gasteiger partial charge in [-0.05, 0) is 18.9 Å². The molecular formula is C18H18N4O3. The standard InChI is InChI=1S/C18H18N4O3/c1-24-15-5-4-12(6-19-15)17(23)22-9-18(10-22)13-7-20-16(11-2-3-11)21-14(13)8-25-18/h4-7,11H,2-3,8-10H2,1H3. The van der Waals surface area contributed by atoms with Gasteiger partial charge in [0.25, 0.3) is 5.91 Å². The van der Waals surface area contributed by atoms with Crippen molar-refractivity contribution < 1.29 is 14.3 Å². The molecule has 1 saturated carbocycles. The van der Waals surface area contributed by atoms with Crippen LogP contribution < -0.4 is 4.74 Å². The summed E-state index contributed by atoms with van der Waals surface area (Å²) >= 11 is 0. The number of rotatable bonds is 3. The summed E-state index contributed by atoms with van der Waals surface area (Å²) in [5, 5.41) is 0. The predicted octanol–water partition coefficient (Wildman–Crippen LogP) is 1.64. The van der Waals surface area contributed by atoms with E-state index in [1.54, 1.807) is 30.3 Å². The molecule has 4 heterocycles. The van der Waals surface area contributed by atoms with Gasteiger partial charge in [-0.15, -0.1) is 0 Å². The second-order valence-corrected chi connectivity index (χ2v) is 6.90. The fourth-order valence-electron chi connectivity index (χ4n) is 3.53. The molecule has 1 spiro atoms. The van der Waals surface area contributed by atoms with Crippen LogP contribution in [0.5, 0.6) is 5.88 Å². The molecule has 2 aliphatic heterocycles. The number of nitrogens with zero attached hydrogens (tertiary/aromatic N) is 4. The fraction of sp³-hybridized carbons (Fsp3) is 0.444. The molecule has 0 aromatic carbocycles. The van der Waals surface area contributed by atoms with Crippen molar-refractivity contribution in [1.82, 2.24) is 19.9 Å². The van der Waals surface area contributed by atoms with Crippen LogP contribution in [0.1, 0.15) is 46.2 Å². The summed E-state index contributed by atoms with van der Waals surface area (Å²) in [6.07, 6.45) is 5.81. The number of pyridine rings is 1. The predicted molar refractivity (Wildman–Crippen MR) is 87.2 cm³/mol. The maximum atomic E-state index is 12.6. The Morgan fingerprint density at radius 2 is 2.12 bits per heavy atom. The quantitative estimate of drug-likeness (QED) is 0.847. The highest BCUT2D eigenvalue weighted by atomic mass is 16.5. The Morgan fingerprint density at radius 3 is 2.80 bits per heavy atom. The van der Waals surface area contributed by atoms with Gasteiger partial charge in [0.1, 0.15) is 11.4 Å². The van der Waals surface area contributed by atoms with Crippen molar-refractivity contribution in [2.45, 2.75) is 31.0 Å². The zero-order valence-electron chi connectivity index (χ0n) is 13.9. The lowest BCUT2D eigenvalue weighted by molar-refractivity contribution is -0.126. The molecule has 25 heavy (non-hydrogen) atoms. The largest absolute Gasteiger partial charge is 0.481 e. The highest BCUT2D eigenvalue weighted by molar-refractivity contribution is 5.94. The van der Waals surface area contributed by atoms with E-state index in [0.29, 0.717) is 37.1 Å². The molecule has 0 bridgehead atoms.